The summed E-state index contributed by atoms with van der Waals surface area (Å²) in [5.41, 5.74) is 1.91. The van der Waals surface area contributed by atoms with E-state index in [0.29, 0.717) is 19.1 Å². The summed E-state index contributed by atoms with van der Waals surface area (Å²) in [4.78, 5) is 28.3. The Morgan fingerprint density at radius 1 is 1.20 bits per heavy atom. The van der Waals surface area contributed by atoms with E-state index in [4.69, 9.17) is 0 Å². The Labute approximate surface area is 150 Å². The summed E-state index contributed by atoms with van der Waals surface area (Å²) in [5.74, 6) is 0.208. The van der Waals surface area contributed by atoms with Gasteiger partial charge in [-0.15, -0.1) is 0 Å². The van der Waals surface area contributed by atoms with Crippen LogP contribution in [0.1, 0.15) is 51.7 Å². The maximum absolute atomic E-state index is 12.7. The Bertz CT molecular complexity index is 673. The van der Waals surface area contributed by atoms with Crippen molar-refractivity contribution in [2.75, 3.05) is 13.7 Å². The third-order valence-electron chi connectivity index (χ3n) is 5.35. The molecule has 1 aliphatic carbocycles. The van der Waals surface area contributed by atoms with Crippen molar-refractivity contribution in [3.05, 3.63) is 35.4 Å². The summed E-state index contributed by atoms with van der Waals surface area (Å²) in [7, 11) is 1.94. The van der Waals surface area contributed by atoms with Crippen LogP contribution in [0.25, 0.3) is 0 Å². The van der Waals surface area contributed by atoms with Crippen LogP contribution in [-0.2, 0) is 16.8 Å². The first kappa shape index (κ1) is 17.9. The number of carbonyl (C=O) groups is 2. The summed E-state index contributed by atoms with van der Waals surface area (Å²) >= 11 is 0. The van der Waals surface area contributed by atoms with Crippen LogP contribution in [0.5, 0.6) is 0 Å². The topological polar surface area (TPSA) is 52.6 Å². The van der Waals surface area contributed by atoms with E-state index < -0.39 is 5.54 Å². The van der Waals surface area contributed by atoms with Gasteiger partial charge in [0.15, 0.2) is 0 Å². The van der Waals surface area contributed by atoms with E-state index in [0.717, 1.165) is 12.8 Å². The molecule has 1 aromatic rings. The number of nitrogens with zero attached hydrogens (tertiary/aromatic N) is 2. The Morgan fingerprint density at radius 2 is 1.80 bits per heavy atom. The van der Waals surface area contributed by atoms with Gasteiger partial charge in [-0.1, -0.05) is 45.0 Å². The van der Waals surface area contributed by atoms with Crippen LogP contribution in [0.2, 0.25) is 0 Å². The number of hydrogen-bond donors (Lipinski definition) is 1. The molecule has 2 aliphatic rings. The third-order valence-corrected chi connectivity index (χ3v) is 5.35. The van der Waals surface area contributed by atoms with Crippen molar-refractivity contribution in [1.29, 1.82) is 0 Å². The fourth-order valence-corrected chi connectivity index (χ4v) is 3.49. The first-order valence-corrected chi connectivity index (χ1v) is 9.03. The molecular weight excluding hydrogens is 314 g/mol. The van der Waals surface area contributed by atoms with Gasteiger partial charge in [0.25, 0.3) is 5.91 Å². The smallest absolute Gasteiger partial charge is 0.323 e. The van der Waals surface area contributed by atoms with E-state index in [-0.39, 0.29) is 17.4 Å². The lowest BCUT2D eigenvalue weighted by Gasteiger charge is -2.25. The molecule has 1 aliphatic heterocycles. The SMILES string of the molecule is CN(Cc1ccc(C(C)(C)C)cc1)CN1C(=O)NC(C)(C2CC2)C1=O. The van der Waals surface area contributed by atoms with Crippen molar-refractivity contribution in [2.45, 2.75) is 58.0 Å². The van der Waals surface area contributed by atoms with Gasteiger partial charge in [0.05, 0.1) is 6.67 Å². The van der Waals surface area contributed by atoms with Crippen molar-refractivity contribution in [2.24, 2.45) is 5.92 Å². The molecule has 0 radical (unpaired) electrons. The van der Waals surface area contributed by atoms with Crippen LogP contribution in [0.4, 0.5) is 4.79 Å². The highest BCUT2D eigenvalue weighted by atomic mass is 16.2. The normalized spacial score (nSPS) is 24.2. The van der Waals surface area contributed by atoms with Gasteiger partial charge in [-0.05, 0) is 49.3 Å². The van der Waals surface area contributed by atoms with E-state index in [1.165, 1.54) is 16.0 Å². The average Bonchev–Trinajstić information content (AvgIpc) is 3.33. The number of nitrogens with one attached hydrogen (secondary N) is 1. The lowest BCUT2D eigenvalue weighted by atomic mass is 9.87. The molecule has 3 amide bonds. The Balaban J connectivity index is 1.62. The van der Waals surface area contributed by atoms with E-state index in [1.807, 2.05) is 18.9 Å². The number of urea groups is 1. The van der Waals surface area contributed by atoms with Crippen LogP contribution in [0.3, 0.4) is 0 Å². The number of imide groups is 1. The molecule has 1 saturated carbocycles. The molecule has 1 unspecified atom stereocenters. The monoisotopic (exact) mass is 343 g/mol. The van der Waals surface area contributed by atoms with Gasteiger partial charge in [0, 0.05) is 6.54 Å². The van der Waals surface area contributed by atoms with Gasteiger partial charge in [0.2, 0.25) is 0 Å². The van der Waals surface area contributed by atoms with Gasteiger partial charge in [-0.3, -0.25) is 9.69 Å². The van der Waals surface area contributed by atoms with Crippen LogP contribution < -0.4 is 5.32 Å². The van der Waals surface area contributed by atoms with E-state index in [2.05, 4.69) is 50.4 Å². The molecule has 1 heterocycles. The summed E-state index contributed by atoms with van der Waals surface area (Å²) in [6.07, 6.45) is 2.04. The average molecular weight is 343 g/mol. The molecule has 1 saturated heterocycles. The number of rotatable bonds is 5. The third kappa shape index (κ3) is 3.56. The quantitative estimate of drug-likeness (QED) is 0.836. The van der Waals surface area contributed by atoms with Gasteiger partial charge in [0.1, 0.15) is 5.54 Å². The molecule has 1 aromatic carbocycles. The molecule has 5 heteroatoms. The maximum Gasteiger partial charge on any atom is 0.326 e. The highest BCUT2D eigenvalue weighted by molar-refractivity contribution is 6.07. The van der Waals surface area contributed by atoms with Crippen molar-refractivity contribution in [3.8, 4) is 0 Å². The summed E-state index contributed by atoms with van der Waals surface area (Å²) < 4.78 is 0. The standard InChI is InChI=1S/C20H29N3O2/c1-19(2,3)15-8-6-14(7-9-15)12-22(5)13-23-17(24)20(4,16-10-11-16)21-18(23)25/h6-9,16H,10-13H2,1-5H3,(H,21,25). The lowest BCUT2D eigenvalue weighted by molar-refractivity contribution is -0.132. The number of amides is 3. The zero-order valence-electron chi connectivity index (χ0n) is 15.9. The van der Waals surface area contributed by atoms with Crippen LogP contribution in [-0.4, -0.2) is 41.0 Å². The number of hydrogen-bond acceptors (Lipinski definition) is 3. The number of benzene rings is 1. The Morgan fingerprint density at radius 3 is 2.32 bits per heavy atom. The summed E-state index contributed by atoms with van der Waals surface area (Å²) in [5, 5.41) is 2.90. The minimum Gasteiger partial charge on any atom is -0.323 e. The molecule has 3 rings (SSSR count). The maximum atomic E-state index is 12.7. The van der Waals surface area contributed by atoms with Crippen LogP contribution in [0.15, 0.2) is 24.3 Å². The van der Waals surface area contributed by atoms with Crippen molar-refractivity contribution >= 4 is 11.9 Å². The largest absolute Gasteiger partial charge is 0.326 e. The zero-order valence-corrected chi connectivity index (χ0v) is 15.9. The predicted octanol–water partition coefficient (Wildman–Crippen LogP) is 3.09. The zero-order chi connectivity index (χ0) is 18.4. The molecule has 2 fully saturated rings. The van der Waals surface area contributed by atoms with Gasteiger partial charge >= 0.3 is 6.03 Å². The first-order valence-electron chi connectivity index (χ1n) is 9.03. The molecule has 25 heavy (non-hydrogen) atoms. The molecule has 0 bridgehead atoms. The van der Waals surface area contributed by atoms with Crippen molar-refractivity contribution < 1.29 is 9.59 Å². The molecular formula is C20H29N3O2. The molecule has 1 N–H and O–H groups in total. The molecule has 5 nitrogen and oxygen atoms in total. The second-order valence-electron chi connectivity index (χ2n) is 8.74. The minimum absolute atomic E-state index is 0.0880. The lowest BCUT2D eigenvalue weighted by Crippen LogP contribution is -2.46. The van der Waals surface area contributed by atoms with Gasteiger partial charge in [-0.25, -0.2) is 9.69 Å². The Kier molecular flexibility index (Phi) is 4.40. The fourth-order valence-electron chi connectivity index (χ4n) is 3.49. The molecule has 0 spiro atoms. The number of carbonyl (C=O) groups excluding carboxylic acids is 2. The van der Waals surface area contributed by atoms with Crippen molar-refractivity contribution in [1.82, 2.24) is 15.1 Å². The van der Waals surface area contributed by atoms with Crippen molar-refractivity contribution in [3.63, 3.8) is 0 Å². The summed E-state index contributed by atoms with van der Waals surface area (Å²) in [6, 6.07) is 8.28. The first-order chi connectivity index (χ1) is 11.6. The molecule has 1 atom stereocenters. The second-order valence-corrected chi connectivity index (χ2v) is 8.74. The van der Waals surface area contributed by atoms with E-state index in [9.17, 15) is 9.59 Å². The van der Waals surface area contributed by atoms with Gasteiger partial charge in [-0.2, -0.15) is 0 Å². The van der Waals surface area contributed by atoms with Crippen LogP contribution >= 0.6 is 0 Å². The van der Waals surface area contributed by atoms with Crippen LogP contribution in [0, 0.1) is 5.92 Å². The minimum atomic E-state index is -0.702. The van der Waals surface area contributed by atoms with E-state index in [1.54, 1.807) is 0 Å². The fraction of sp³-hybridized carbons (Fsp3) is 0.600. The Hall–Kier alpha value is -1.88. The highest BCUT2D eigenvalue weighted by Crippen LogP contribution is 2.42. The van der Waals surface area contributed by atoms with E-state index >= 15 is 0 Å². The second kappa shape index (κ2) is 6.13. The highest BCUT2D eigenvalue weighted by Gasteiger charge is 2.56. The molecule has 136 valence electrons. The molecule has 0 aromatic heterocycles. The summed E-state index contributed by atoms with van der Waals surface area (Å²) in [6.45, 7) is 9.46. The van der Waals surface area contributed by atoms with Gasteiger partial charge < -0.3 is 5.32 Å². The predicted molar refractivity (Wildman–Crippen MR) is 98.0 cm³/mol.